The Kier molecular flexibility index (Phi) is 5.70. The van der Waals surface area contributed by atoms with E-state index in [9.17, 15) is 0 Å². The summed E-state index contributed by atoms with van der Waals surface area (Å²) in [5.41, 5.74) is 10.6. The fourth-order valence-corrected chi connectivity index (χ4v) is 8.24. The van der Waals surface area contributed by atoms with E-state index >= 15 is 0 Å². The molecule has 0 N–H and O–H groups in total. The molecule has 9 aromatic carbocycles. The van der Waals surface area contributed by atoms with Gasteiger partial charge in [-0.05, 0) is 90.5 Å². The van der Waals surface area contributed by atoms with Crippen molar-refractivity contribution in [3.05, 3.63) is 170 Å². The Bertz CT molecular complexity index is 3080. The van der Waals surface area contributed by atoms with Crippen molar-refractivity contribution >= 4 is 76.2 Å². The maximum atomic E-state index is 6.64. The predicted molar refractivity (Wildman–Crippen MR) is 210 cm³/mol. The molecular weight excluding hydrogens is 609 g/mol. The van der Waals surface area contributed by atoms with E-state index in [0.29, 0.717) is 0 Å². The van der Waals surface area contributed by atoms with Gasteiger partial charge in [0.05, 0.1) is 0 Å². The van der Waals surface area contributed by atoms with Crippen LogP contribution in [0.3, 0.4) is 0 Å². The lowest BCUT2D eigenvalue weighted by Crippen LogP contribution is -1.91. The van der Waals surface area contributed by atoms with Crippen molar-refractivity contribution in [1.82, 2.24) is 0 Å². The third-order valence-corrected chi connectivity index (χ3v) is 10.4. The molecule has 2 heteroatoms. The van der Waals surface area contributed by atoms with Crippen LogP contribution in [-0.2, 0) is 0 Å². The molecule has 0 fully saturated rings. The maximum Gasteiger partial charge on any atom is 0.144 e. The van der Waals surface area contributed by atoms with Crippen molar-refractivity contribution in [2.45, 2.75) is 0 Å². The van der Waals surface area contributed by atoms with Crippen LogP contribution in [0.5, 0.6) is 0 Å². The quantitative estimate of drug-likeness (QED) is 0.180. The Morgan fingerprint density at radius 2 is 0.780 bits per heavy atom. The molecule has 0 aliphatic rings. The summed E-state index contributed by atoms with van der Waals surface area (Å²) in [7, 11) is 0. The molecule has 232 valence electrons. The van der Waals surface area contributed by atoms with Gasteiger partial charge in [-0.3, -0.25) is 0 Å². The van der Waals surface area contributed by atoms with E-state index in [1.807, 2.05) is 18.2 Å². The molecular formula is C48H28O2. The lowest BCUT2D eigenvalue weighted by atomic mass is 9.85. The van der Waals surface area contributed by atoms with Crippen molar-refractivity contribution in [3.8, 4) is 33.4 Å². The van der Waals surface area contributed by atoms with E-state index in [2.05, 4.69) is 152 Å². The SMILES string of the molecule is c1ccc(-c2c3ccccc3c(-c3ccc4cc(-c5cc6oc7ccccc7c6c6c5oc5ccccc56)ccc4c3)c3ccccc23)cc1. The highest BCUT2D eigenvalue weighted by Gasteiger charge is 2.21. The van der Waals surface area contributed by atoms with Crippen molar-refractivity contribution in [3.63, 3.8) is 0 Å². The zero-order chi connectivity index (χ0) is 32.8. The summed E-state index contributed by atoms with van der Waals surface area (Å²) in [5, 5.41) is 11.8. The highest BCUT2D eigenvalue weighted by atomic mass is 16.3. The minimum atomic E-state index is 0.869. The summed E-state index contributed by atoms with van der Waals surface area (Å²) in [6, 6.07) is 60.8. The maximum absolute atomic E-state index is 6.64. The lowest BCUT2D eigenvalue weighted by Gasteiger charge is -2.18. The third kappa shape index (κ3) is 3.90. The van der Waals surface area contributed by atoms with Crippen LogP contribution in [0.15, 0.2) is 179 Å². The van der Waals surface area contributed by atoms with Crippen LogP contribution in [0.2, 0.25) is 0 Å². The Hall–Kier alpha value is -6.64. The molecule has 11 aromatic rings. The summed E-state index contributed by atoms with van der Waals surface area (Å²) >= 11 is 0. The number of hydrogen-bond acceptors (Lipinski definition) is 2. The molecule has 11 rings (SSSR count). The fourth-order valence-electron chi connectivity index (χ4n) is 8.24. The second-order valence-electron chi connectivity index (χ2n) is 13.2. The monoisotopic (exact) mass is 636 g/mol. The van der Waals surface area contributed by atoms with Gasteiger partial charge in [-0.25, -0.2) is 0 Å². The molecule has 2 nitrogen and oxygen atoms in total. The number of rotatable bonds is 3. The van der Waals surface area contributed by atoms with E-state index < -0.39 is 0 Å². The first kappa shape index (κ1) is 27.3. The van der Waals surface area contributed by atoms with Crippen LogP contribution in [0, 0.1) is 0 Å². The lowest BCUT2D eigenvalue weighted by molar-refractivity contribution is 0.664. The Labute approximate surface area is 287 Å². The predicted octanol–water partition coefficient (Wildman–Crippen LogP) is 13.9. The van der Waals surface area contributed by atoms with E-state index in [0.717, 1.165) is 55.0 Å². The highest BCUT2D eigenvalue weighted by molar-refractivity contribution is 6.28. The summed E-state index contributed by atoms with van der Waals surface area (Å²) in [4.78, 5) is 0. The molecule has 0 aliphatic heterocycles. The number of furan rings is 2. The van der Waals surface area contributed by atoms with Gasteiger partial charge < -0.3 is 8.83 Å². The Morgan fingerprint density at radius 1 is 0.300 bits per heavy atom. The van der Waals surface area contributed by atoms with Crippen LogP contribution in [-0.4, -0.2) is 0 Å². The normalized spacial score (nSPS) is 12.0. The van der Waals surface area contributed by atoms with Gasteiger partial charge in [0.15, 0.2) is 0 Å². The standard InChI is InChI=1S/C48H28O2/c1-2-12-29(13-3-1)44-34-14-4-6-16-36(34)45(37-17-7-5-15-35(37)44)33-25-23-30-26-32(24-22-31(30)27-33)40-28-43-46(38-18-8-10-20-41(38)49-43)47-39-19-9-11-21-42(39)50-48(40)47/h1-28H. The zero-order valence-corrected chi connectivity index (χ0v) is 27.0. The third-order valence-electron chi connectivity index (χ3n) is 10.4. The van der Waals surface area contributed by atoms with Crippen LogP contribution < -0.4 is 0 Å². The number of fused-ring (bicyclic) bond motifs is 10. The molecule has 0 spiro atoms. The van der Waals surface area contributed by atoms with Crippen LogP contribution >= 0.6 is 0 Å². The molecule has 50 heavy (non-hydrogen) atoms. The minimum Gasteiger partial charge on any atom is -0.456 e. The largest absolute Gasteiger partial charge is 0.456 e. The van der Waals surface area contributed by atoms with Crippen molar-refractivity contribution in [2.75, 3.05) is 0 Å². The molecule has 2 aromatic heterocycles. The second kappa shape index (κ2) is 10.4. The van der Waals surface area contributed by atoms with Gasteiger partial charge in [-0.1, -0.05) is 140 Å². The summed E-state index contributed by atoms with van der Waals surface area (Å²) < 4.78 is 13.1. The highest BCUT2D eigenvalue weighted by Crippen LogP contribution is 2.46. The van der Waals surface area contributed by atoms with Crippen LogP contribution in [0.1, 0.15) is 0 Å². The number of benzene rings is 9. The smallest absolute Gasteiger partial charge is 0.144 e. The molecule has 0 saturated carbocycles. The van der Waals surface area contributed by atoms with Gasteiger partial charge in [-0.15, -0.1) is 0 Å². The van der Waals surface area contributed by atoms with E-state index in [4.69, 9.17) is 8.83 Å². The topological polar surface area (TPSA) is 26.3 Å². The van der Waals surface area contributed by atoms with E-state index in [-0.39, 0.29) is 0 Å². The molecule has 0 saturated heterocycles. The van der Waals surface area contributed by atoms with E-state index in [1.165, 1.54) is 54.6 Å². The van der Waals surface area contributed by atoms with Gasteiger partial charge in [0.1, 0.15) is 22.3 Å². The second-order valence-corrected chi connectivity index (χ2v) is 13.2. The Balaban J connectivity index is 1.13. The van der Waals surface area contributed by atoms with Crippen LogP contribution in [0.4, 0.5) is 0 Å². The van der Waals surface area contributed by atoms with Gasteiger partial charge in [0, 0.05) is 27.1 Å². The summed E-state index contributed by atoms with van der Waals surface area (Å²) in [6.45, 7) is 0. The van der Waals surface area contributed by atoms with Gasteiger partial charge in [-0.2, -0.15) is 0 Å². The molecule has 0 radical (unpaired) electrons. The van der Waals surface area contributed by atoms with Gasteiger partial charge in [0.25, 0.3) is 0 Å². The first-order valence-electron chi connectivity index (χ1n) is 17.1. The fraction of sp³-hybridized carbons (Fsp3) is 0. The summed E-state index contributed by atoms with van der Waals surface area (Å²) in [5.74, 6) is 0. The van der Waals surface area contributed by atoms with Crippen molar-refractivity contribution in [2.24, 2.45) is 0 Å². The van der Waals surface area contributed by atoms with Crippen molar-refractivity contribution in [1.29, 1.82) is 0 Å². The zero-order valence-electron chi connectivity index (χ0n) is 27.0. The number of hydrogen-bond donors (Lipinski definition) is 0. The van der Waals surface area contributed by atoms with Gasteiger partial charge in [0.2, 0.25) is 0 Å². The summed E-state index contributed by atoms with van der Waals surface area (Å²) in [6.07, 6.45) is 0. The van der Waals surface area contributed by atoms with Gasteiger partial charge >= 0.3 is 0 Å². The first-order valence-corrected chi connectivity index (χ1v) is 17.1. The molecule has 0 atom stereocenters. The van der Waals surface area contributed by atoms with Crippen molar-refractivity contribution < 1.29 is 8.83 Å². The number of para-hydroxylation sites is 2. The van der Waals surface area contributed by atoms with E-state index in [1.54, 1.807) is 0 Å². The molecule has 0 aliphatic carbocycles. The molecule has 0 unspecified atom stereocenters. The van der Waals surface area contributed by atoms with Crippen LogP contribution in [0.25, 0.3) is 110 Å². The average Bonchev–Trinajstić information content (AvgIpc) is 3.75. The average molecular weight is 637 g/mol. The molecule has 0 bridgehead atoms. The first-order chi connectivity index (χ1) is 24.8. The Morgan fingerprint density at radius 3 is 1.42 bits per heavy atom. The minimum absolute atomic E-state index is 0.869. The molecule has 0 amide bonds. The molecule has 2 heterocycles.